The van der Waals surface area contributed by atoms with E-state index in [1.807, 2.05) is 30.3 Å². The Morgan fingerprint density at radius 1 is 1.26 bits per heavy atom. The van der Waals surface area contributed by atoms with Crippen LogP contribution >= 0.6 is 0 Å². The molecule has 0 saturated carbocycles. The van der Waals surface area contributed by atoms with Crippen LogP contribution < -0.4 is 15.8 Å². The Balaban J connectivity index is 1.85. The van der Waals surface area contributed by atoms with Crippen molar-refractivity contribution in [2.45, 2.75) is 0 Å². The third-order valence-corrected chi connectivity index (χ3v) is 2.51. The van der Waals surface area contributed by atoms with Gasteiger partial charge in [-0.15, -0.1) is 0 Å². The summed E-state index contributed by atoms with van der Waals surface area (Å²) in [7, 11) is 0. The van der Waals surface area contributed by atoms with Gasteiger partial charge in [-0.1, -0.05) is 12.1 Å². The lowest BCUT2D eigenvalue weighted by Crippen LogP contribution is -2.13. The van der Waals surface area contributed by atoms with Crippen molar-refractivity contribution >= 4 is 11.4 Å². The van der Waals surface area contributed by atoms with Crippen molar-refractivity contribution in [3.63, 3.8) is 0 Å². The molecule has 96 valence electrons. The highest BCUT2D eigenvalue weighted by Gasteiger charge is 2.01. The molecule has 0 fully saturated rings. The summed E-state index contributed by atoms with van der Waals surface area (Å²) in [5.74, 6) is 0.663. The van der Waals surface area contributed by atoms with Gasteiger partial charge in [-0.25, -0.2) is 4.98 Å². The van der Waals surface area contributed by atoms with Crippen LogP contribution in [0.4, 0.5) is 11.4 Å². The first kappa shape index (κ1) is 12.7. The van der Waals surface area contributed by atoms with E-state index in [1.54, 1.807) is 18.3 Å². The van der Waals surface area contributed by atoms with Gasteiger partial charge in [0.25, 0.3) is 0 Å². The van der Waals surface area contributed by atoms with E-state index in [0.717, 1.165) is 0 Å². The van der Waals surface area contributed by atoms with Gasteiger partial charge in [0.05, 0.1) is 11.4 Å². The van der Waals surface area contributed by atoms with Crippen molar-refractivity contribution in [1.82, 2.24) is 4.98 Å². The predicted molar refractivity (Wildman–Crippen MR) is 73.8 cm³/mol. The maximum atomic E-state index is 8.89. The highest BCUT2D eigenvalue weighted by molar-refractivity contribution is 5.53. The minimum atomic E-state index is 0.377. The molecule has 3 N–H and O–H groups in total. The van der Waals surface area contributed by atoms with Gasteiger partial charge in [-0.3, -0.25) is 0 Å². The zero-order valence-electron chi connectivity index (χ0n) is 10.3. The molecule has 1 aromatic carbocycles. The third-order valence-electron chi connectivity index (χ3n) is 2.51. The molecule has 0 unspecified atom stereocenters. The first-order chi connectivity index (χ1) is 9.31. The number of nitrogens with two attached hydrogens (primary N) is 1. The number of hydrogen-bond donors (Lipinski definition) is 2. The molecule has 0 aliphatic carbocycles. The summed E-state index contributed by atoms with van der Waals surface area (Å²) in [4.78, 5) is 3.96. The summed E-state index contributed by atoms with van der Waals surface area (Å²) in [6.45, 7) is 1.02. The summed E-state index contributed by atoms with van der Waals surface area (Å²) in [6.07, 6.45) is 1.59. The minimum absolute atomic E-state index is 0.377. The fourth-order valence-corrected chi connectivity index (χ4v) is 1.60. The molecule has 0 spiro atoms. The highest BCUT2D eigenvalue weighted by Crippen LogP contribution is 2.19. The number of pyridine rings is 1. The second-order valence-electron chi connectivity index (χ2n) is 3.82. The quantitative estimate of drug-likeness (QED) is 0.630. The van der Waals surface area contributed by atoms with E-state index in [1.165, 1.54) is 0 Å². The van der Waals surface area contributed by atoms with Gasteiger partial charge in [0.15, 0.2) is 5.69 Å². The summed E-state index contributed by atoms with van der Waals surface area (Å²) < 4.78 is 5.54. The van der Waals surface area contributed by atoms with Gasteiger partial charge >= 0.3 is 0 Å². The molecule has 0 saturated heterocycles. The van der Waals surface area contributed by atoms with Crippen LogP contribution in [0.15, 0.2) is 42.6 Å². The lowest BCUT2D eigenvalue weighted by molar-refractivity contribution is 0.334. The summed E-state index contributed by atoms with van der Waals surface area (Å²) >= 11 is 0. The van der Waals surface area contributed by atoms with Gasteiger partial charge in [0.2, 0.25) is 0 Å². The molecule has 0 radical (unpaired) electrons. The zero-order chi connectivity index (χ0) is 13.5. The van der Waals surface area contributed by atoms with Crippen LogP contribution in [0.2, 0.25) is 0 Å². The van der Waals surface area contributed by atoms with Crippen molar-refractivity contribution < 1.29 is 4.74 Å². The zero-order valence-corrected chi connectivity index (χ0v) is 10.3. The predicted octanol–water partition coefficient (Wildman–Crippen LogP) is 2.03. The Labute approximate surface area is 111 Å². The number of nitrogens with zero attached hydrogens (tertiary/aromatic N) is 2. The average molecular weight is 254 g/mol. The number of aromatic nitrogens is 1. The Morgan fingerprint density at radius 3 is 2.89 bits per heavy atom. The molecule has 0 bridgehead atoms. The van der Waals surface area contributed by atoms with Crippen LogP contribution in [-0.4, -0.2) is 18.1 Å². The smallest absolute Gasteiger partial charge is 0.163 e. The molecule has 19 heavy (non-hydrogen) atoms. The molecule has 5 nitrogen and oxygen atoms in total. The maximum absolute atomic E-state index is 8.89. The van der Waals surface area contributed by atoms with E-state index in [-0.39, 0.29) is 0 Å². The van der Waals surface area contributed by atoms with Gasteiger partial charge in [-0.05, 0) is 24.3 Å². The first-order valence-corrected chi connectivity index (χ1v) is 5.87. The number of benzene rings is 1. The number of para-hydroxylation sites is 2. The van der Waals surface area contributed by atoms with Crippen LogP contribution in [0.25, 0.3) is 0 Å². The lowest BCUT2D eigenvalue weighted by atomic mass is 10.3. The van der Waals surface area contributed by atoms with Crippen LogP contribution in [0, 0.1) is 11.3 Å². The van der Waals surface area contributed by atoms with Crippen molar-refractivity contribution in [1.29, 1.82) is 5.26 Å². The van der Waals surface area contributed by atoms with Gasteiger partial charge in [-0.2, -0.15) is 5.26 Å². The van der Waals surface area contributed by atoms with Crippen molar-refractivity contribution in [2.75, 3.05) is 24.2 Å². The molecule has 1 aromatic heterocycles. The van der Waals surface area contributed by atoms with E-state index >= 15 is 0 Å². The largest absolute Gasteiger partial charge is 0.490 e. The monoisotopic (exact) mass is 254 g/mol. The van der Waals surface area contributed by atoms with Crippen molar-refractivity contribution in [2.24, 2.45) is 0 Å². The van der Waals surface area contributed by atoms with Crippen molar-refractivity contribution in [3.05, 3.63) is 48.3 Å². The topological polar surface area (TPSA) is 84.0 Å². The van der Waals surface area contributed by atoms with Gasteiger partial charge in [0.1, 0.15) is 18.4 Å². The third kappa shape index (κ3) is 3.36. The fourth-order valence-electron chi connectivity index (χ4n) is 1.60. The maximum Gasteiger partial charge on any atom is 0.163 e. The number of nitrogen functional groups attached to an aromatic ring is 1. The minimum Gasteiger partial charge on any atom is -0.490 e. The average Bonchev–Trinajstić information content (AvgIpc) is 2.45. The Morgan fingerprint density at radius 2 is 2.11 bits per heavy atom. The SMILES string of the molecule is N#Cc1ncccc1NCCOc1ccccc1N. The first-order valence-electron chi connectivity index (χ1n) is 5.87. The number of nitriles is 1. The molecular weight excluding hydrogens is 240 g/mol. The number of ether oxygens (including phenoxy) is 1. The van der Waals surface area contributed by atoms with E-state index in [2.05, 4.69) is 10.3 Å². The van der Waals surface area contributed by atoms with Crippen molar-refractivity contribution in [3.8, 4) is 11.8 Å². The van der Waals surface area contributed by atoms with E-state index in [0.29, 0.717) is 36.0 Å². The Kier molecular flexibility index (Phi) is 4.19. The summed E-state index contributed by atoms with van der Waals surface area (Å²) in [5.41, 5.74) is 7.45. The van der Waals surface area contributed by atoms with Crippen LogP contribution in [0.3, 0.4) is 0 Å². The van der Waals surface area contributed by atoms with E-state index in [4.69, 9.17) is 15.7 Å². The highest BCUT2D eigenvalue weighted by atomic mass is 16.5. The second kappa shape index (κ2) is 6.26. The van der Waals surface area contributed by atoms with Crippen LogP contribution in [-0.2, 0) is 0 Å². The second-order valence-corrected chi connectivity index (χ2v) is 3.82. The van der Waals surface area contributed by atoms with E-state index < -0.39 is 0 Å². The number of anilines is 2. The standard InChI is InChI=1S/C14H14N4O/c15-10-13-12(5-3-7-17-13)18-8-9-19-14-6-2-1-4-11(14)16/h1-7,18H,8-9,16H2. The lowest BCUT2D eigenvalue weighted by Gasteiger charge is -2.10. The molecule has 0 amide bonds. The summed E-state index contributed by atoms with van der Waals surface area (Å²) in [5, 5.41) is 12.0. The molecule has 0 atom stereocenters. The van der Waals surface area contributed by atoms with Gasteiger partial charge in [0, 0.05) is 12.7 Å². The van der Waals surface area contributed by atoms with Gasteiger partial charge < -0.3 is 15.8 Å². The molecular formula is C14H14N4O. The molecule has 0 aliphatic heterocycles. The number of nitrogens with one attached hydrogen (secondary N) is 1. The van der Waals surface area contributed by atoms with Crippen LogP contribution in [0.5, 0.6) is 5.75 Å². The Hall–Kier alpha value is -2.74. The molecule has 5 heteroatoms. The van der Waals surface area contributed by atoms with Crippen LogP contribution in [0.1, 0.15) is 5.69 Å². The summed E-state index contributed by atoms with van der Waals surface area (Å²) in [6, 6.07) is 12.9. The molecule has 1 heterocycles. The molecule has 2 rings (SSSR count). The fraction of sp³-hybridized carbons (Fsp3) is 0.143. The molecule has 0 aliphatic rings. The number of hydrogen-bond acceptors (Lipinski definition) is 5. The molecule has 2 aromatic rings. The van der Waals surface area contributed by atoms with E-state index in [9.17, 15) is 0 Å². The Bertz CT molecular complexity index is 592. The number of rotatable bonds is 5. The normalized spacial score (nSPS) is 9.63.